The molecule has 0 radical (unpaired) electrons. The lowest BCUT2D eigenvalue weighted by Crippen LogP contribution is -2.62. The lowest BCUT2D eigenvalue weighted by molar-refractivity contribution is -0.153. The van der Waals surface area contributed by atoms with Crippen molar-refractivity contribution in [3.8, 4) is 0 Å². The highest BCUT2D eigenvalue weighted by Crippen LogP contribution is 2.26. The highest BCUT2D eigenvalue weighted by molar-refractivity contribution is 5.92. The minimum atomic E-state index is -1.34. The standard InChI is InChI=1S/C9H10N2O2/c10-7-3-1-6(2-4-7)9(13)5-11-8(9)12/h1-4,13H,5,10H2,(H,11,12). The van der Waals surface area contributed by atoms with Crippen molar-refractivity contribution < 1.29 is 9.90 Å². The van der Waals surface area contributed by atoms with E-state index in [4.69, 9.17) is 5.73 Å². The van der Waals surface area contributed by atoms with Crippen LogP contribution in [-0.2, 0) is 10.4 Å². The zero-order chi connectivity index (χ0) is 9.47. The zero-order valence-corrected chi connectivity index (χ0v) is 6.95. The molecule has 0 bridgehead atoms. The third-order valence-electron chi connectivity index (χ3n) is 2.27. The number of hydrogen-bond donors (Lipinski definition) is 3. The number of β-lactam (4-membered cyclic amide) rings is 1. The van der Waals surface area contributed by atoms with E-state index < -0.39 is 5.60 Å². The average molecular weight is 178 g/mol. The molecule has 0 aliphatic carbocycles. The molecule has 1 fully saturated rings. The number of β-amino-alcohol motifs (C(OH)–C–C–N with tert-alkyl or cyclic N) is 1. The van der Waals surface area contributed by atoms with Crippen molar-refractivity contribution in [3.63, 3.8) is 0 Å². The fourth-order valence-electron chi connectivity index (χ4n) is 1.32. The van der Waals surface area contributed by atoms with Gasteiger partial charge < -0.3 is 16.2 Å². The molecule has 1 unspecified atom stereocenters. The topological polar surface area (TPSA) is 75.3 Å². The largest absolute Gasteiger partial charge is 0.399 e. The van der Waals surface area contributed by atoms with Crippen LogP contribution in [0.25, 0.3) is 0 Å². The molecule has 0 saturated carbocycles. The van der Waals surface area contributed by atoms with E-state index >= 15 is 0 Å². The number of anilines is 1. The molecule has 1 aliphatic heterocycles. The predicted molar refractivity (Wildman–Crippen MR) is 47.8 cm³/mol. The van der Waals surface area contributed by atoms with E-state index in [0.29, 0.717) is 11.3 Å². The van der Waals surface area contributed by atoms with E-state index in [9.17, 15) is 9.90 Å². The van der Waals surface area contributed by atoms with Crippen molar-refractivity contribution >= 4 is 11.6 Å². The number of nitrogens with two attached hydrogens (primary N) is 1. The summed E-state index contributed by atoms with van der Waals surface area (Å²) >= 11 is 0. The Balaban J connectivity index is 2.35. The third kappa shape index (κ3) is 1.07. The molecule has 1 aliphatic rings. The van der Waals surface area contributed by atoms with Crippen LogP contribution >= 0.6 is 0 Å². The molecule has 4 N–H and O–H groups in total. The van der Waals surface area contributed by atoms with Gasteiger partial charge in [-0.15, -0.1) is 0 Å². The maximum Gasteiger partial charge on any atom is 0.258 e. The molecular weight excluding hydrogens is 168 g/mol. The molecule has 1 aromatic carbocycles. The number of aliphatic hydroxyl groups is 1. The highest BCUT2D eigenvalue weighted by atomic mass is 16.3. The average Bonchev–Trinajstić information content (AvgIpc) is 2.15. The molecule has 4 nitrogen and oxygen atoms in total. The highest BCUT2D eigenvalue weighted by Gasteiger charge is 2.45. The summed E-state index contributed by atoms with van der Waals surface area (Å²) in [5.74, 6) is -0.350. The van der Waals surface area contributed by atoms with Gasteiger partial charge in [0, 0.05) is 5.69 Å². The van der Waals surface area contributed by atoms with Crippen molar-refractivity contribution in [2.24, 2.45) is 0 Å². The Kier molecular flexibility index (Phi) is 1.53. The van der Waals surface area contributed by atoms with Gasteiger partial charge >= 0.3 is 0 Å². The van der Waals surface area contributed by atoms with Gasteiger partial charge in [0.1, 0.15) is 0 Å². The minimum Gasteiger partial charge on any atom is -0.399 e. The Hall–Kier alpha value is -1.55. The van der Waals surface area contributed by atoms with Gasteiger partial charge in [-0.05, 0) is 17.7 Å². The van der Waals surface area contributed by atoms with Crippen molar-refractivity contribution in [2.45, 2.75) is 5.60 Å². The normalized spacial score (nSPS) is 26.4. The first-order valence-corrected chi connectivity index (χ1v) is 3.99. The second-order valence-corrected chi connectivity index (χ2v) is 3.16. The summed E-state index contributed by atoms with van der Waals surface area (Å²) in [6.45, 7) is 0.274. The fraction of sp³-hybridized carbons (Fsp3) is 0.222. The molecule has 4 heteroatoms. The van der Waals surface area contributed by atoms with Crippen molar-refractivity contribution in [2.75, 3.05) is 12.3 Å². The van der Waals surface area contributed by atoms with Crippen LogP contribution in [0.1, 0.15) is 5.56 Å². The summed E-state index contributed by atoms with van der Waals surface area (Å²) in [5, 5.41) is 12.3. The van der Waals surface area contributed by atoms with E-state index in [-0.39, 0.29) is 12.5 Å². The van der Waals surface area contributed by atoms with Crippen LogP contribution in [0.5, 0.6) is 0 Å². The Morgan fingerprint density at radius 1 is 1.38 bits per heavy atom. The van der Waals surface area contributed by atoms with Crippen molar-refractivity contribution in [1.29, 1.82) is 0 Å². The van der Waals surface area contributed by atoms with Gasteiger partial charge in [0.15, 0.2) is 5.60 Å². The van der Waals surface area contributed by atoms with Crippen LogP contribution in [0.4, 0.5) is 5.69 Å². The molecule has 1 aromatic rings. The van der Waals surface area contributed by atoms with Crippen LogP contribution in [-0.4, -0.2) is 17.6 Å². The van der Waals surface area contributed by atoms with E-state index in [0.717, 1.165) is 0 Å². The molecule has 2 rings (SSSR count). The van der Waals surface area contributed by atoms with Crippen LogP contribution in [0.15, 0.2) is 24.3 Å². The summed E-state index contributed by atoms with van der Waals surface area (Å²) in [6, 6.07) is 6.65. The Labute approximate surface area is 75.4 Å². The molecule has 1 saturated heterocycles. The number of hydrogen-bond acceptors (Lipinski definition) is 3. The lowest BCUT2D eigenvalue weighted by atomic mass is 9.87. The summed E-state index contributed by atoms with van der Waals surface area (Å²) in [4.78, 5) is 11.0. The molecule has 13 heavy (non-hydrogen) atoms. The lowest BCUT2D eigenvalue weighted by Gasteiger charge is -2.36. The number of rotatable bonds is 1. The van der Waals surface area contributed by atoms with E-state index in [1.54, 1.807) is 24.3 Å². The van der Waals surface area contributed by atoms with Crippen LogP contribution < -0.4 is 11.1 Å². The number of nitrogens with one attached hydrogen (secondary N) is 1. The van der Waals surface area contributed by atoms with Gasteiger partial charge in [-0.1, -0.05) is 12.1 Å². The van der Waals surface area contributed by atoms with Crippen LogP contribution in [0.3, 0.4) is 0 Å². The first-order valence-electron chi connectivity index (χ1n) is 3.99. The predicted octanol–water partition coefficient (Wildman–Crippen LogP) is -0.414. The van der Waals surface area contributed by atoms with Crippen molar-refractivity contribution in [1.82, 2.24) is 5.32 Å². The molecule has 1 heterocycles. The summed E-state index contributed by atoms with van der Waals surface area (Å²) in [6.07, 6.45) is 0. The minimum absolute atomic E-state index is 0.274. The number of amides is 1. The number of nitrogen functional groups attached to an aromatic ring is 1. The van der Waals surface area contributed by atoms with Crippen molar-refractivity contribution in [3.05, 3.63) is 29.8 Å². The molecule has 0 spiro atoms. The second kappa shape index (κ2) is 2.47. The molecule has 1 atom stereocenters. The van der Waals surface area contributed by atoms with Crippen LogP contribution in [0.2, 0.25) is 0 Å². The van der Waals surface area contributed by atoms with Gasteiger partial charge in [0.25, 0.3) is 5.91 Å². The first kappa shape index (κ1) is 8.07. The van der Waals surface area contributed by atoms with Gasteiger partial charge in [0.05, 0.1) is 6.54 Å². The maximum atomic E-state index is 11.0. The summed E-state index contributed by atoms with van der Waals surface area (Å²) in [5.41, 5.74) is 5.35. The van der Waals surface area contributed by atoms with E-state index in [1.807, 2.05) is 0 Å². The summed E-state index contributed by atoms with van der Waals surface area (Å²) < 4.78 is 0. The molecule has 0 aromatic heterocycles. The Morgan fingerprint density at radius 2 is 2.00 bits per heavy atom. The van der Waals surface area contributed by atoms with Gasteiger partial charge in [-0.25, -0.2) is 0 Å². The maximum absolute atomic E-state index is 11.0. The van der Waals surface area contributed by atoms with Gasteiger partial charge in [0.2, 0.25) is 0 Å². The number of carbonyl (C=O) groups excluding carboxylic acids is 1. The molecule has 68 valence electrons. The third-order valence-corrected chi connectivity index (χ3v) is 2.27. The first-order chi connectivity index (χ1) is 6.13. The molecular formula is C9H10N2O2. The fourth-order valence-corrected chi connectivity index (χ4v) is 1.32. The number of benzene rings is 1. The van der Waals surface area contributed by atoms with E-state index in [2.05, 4.69) is 5.32 Å². The summed E-state index contributed by atoms with van der Waals surface area (Å²) in [7, 11) is 0. The Bertz CT molecular complexity index is 347. The van der Waals surface area contributed by atoms with Crippen LogP contribution in [0, 0.1) is 0 Å². The van der Waals surface area contributed by atoms with Gasteiger partial charge in [-0.3, -0.25) is 4.79 Å². The zero-order valence-electron chi connectivity index (χ0n) is 6.95. The second-order valence-electron chi connectivity index (χ2n) is 3.16. The smallest absolute Gasteiger partial charge is 0.258 e. The SMILES string of the molecule is Nc1ccc(C2(O)CNC2=O)cc1. The van der Waals surface area contributed by atoms with Gasteiger partial charge in [-0.2, -0.15) is 0 Å². The van der Waals surface area contributed by atoms with E-state index in [1.165, 1.54) is 0 Å². The molecule has 1 amide bonds. The number of carbonyl (C=O) groups is 1. The monoisotopic (exact) mass is 178 g/mol. The Morgan fingerprint density at radius 3 is 2.38 bits per heavy atom. The quantitative estimate of drug-likeness (QED) is 0.404.